The van der Waals surface area contributed by atoms with Gasteiger partial charge in [0.25, 0.3) is 0 Å². The van der Waals surface area contributed by atoms with Gasteiger partial charge in [0.15, 0.2) is 0 Å². The molecule has 0 amide bonds. The maximum Gasteiger partial charge on any atom is 0.127 e. The van der Waals surface area contributed by atoms with Gasteiger partial charge in [0.1, 0.15) is 11.6 Å². The summed E-state index contributed by atoms with van der Waals surface area (Å²) in [5.74, 6) is 2.40. The van der Waals surface area contributed by atoms with Crippen LogP contribution in [0.15, 0.2) is 18.2 Å². The van der Waals surface area contributed by atoms with E-state index in [2.05, 4.69) is 31.4 Å². The van der Waals surface area contributed by atoms with Crippen LogP contribution in [0, 0.1) is 5.92 Å². The van der Waals surface area contributed by atoms with E-state index in [0.29, 0.717) is 12.0 Å². The molecule has 1 heterocycles. The molecule has 2 aromatic rings. The summed E-state index contributed by atoms with van der Waals surface area (Å²) in [5, 5.41) is -0.108. The maximum atomic E-state index is 6.32. The first-order chi connectivity index (χ1) is 9.43. The van der Waals surface area contributed by atoms with E-state index in [9.17, 15) is 0 Å². The molecule has 2 atom stereocenters. The average molecular weight is 295 g/mol. The molecule has 0 spiro atoms. The van der Waals surface area contributed by atoms with E-state index in [4.69, 9.17) is 21.3 Å². The Bertz CT molecular complexity index is 589. The van der Waals surface area contributed by atoms with Crippen molar-refractivity contribution in [2.75, 3.05) is 7.11 Å². The van der Waals surface area contributed by atoms with E-state index in [1.165, 1.54) is 0 Å². The maximum absolute atomic E-state index is 6.32. The van der Waals surface area contributed by atoms with Crippen molar-refractivity contribution in [1.82, 2.24) is 9.55 Å². The van der Waals surface area contributed by atoms with E-state index in [-0.39, 0.29) is 5.38 Å². The van der Waals surface area contributed by atoms with E-state index < -0.39 is 0 Å². The lowest BCUT2D eigenvalue weighted by Gasteiger charge is -2.20. The molecule has 4 heteroatoms. The third-order valence-corrected chi connectivity index (χ3v) is 3.73. The molecule has 1 aromatic carbocycles. The Kier molecular flexibility index (Phi) is 4.59. The van der Waals surface area contributed by atoms with Crippen LogP contribution in [-0.2, 0) is 0 Å². The Morgan fingerprint density at radius 3 is 2.50 bits per heavy atom. The molecule has 0 aliphatic rings. The Morgan fingerprint density at radius 1 is 1.25 bits per heavy atom. The van der Waals surface area contributed by atoms with Crippen molar-refractivity contribution in [2.45, 2.75) is 45.5 Å². The fourth-order valence-corrected chi connectivity index (χ4v) is 2.91. The number of aromatic nitrogens is 2. The highest BCUT2D eigenvalue weighted by Crippen LogP contribution is 2.32. The number of nitrogens with zero attached hydrogens (tertiary/aromatic N) is 2. The molecule has 0 radical (unpaired) electrons. The average Bonchev–Trinajstić information content (AvgIpc) is 2.76. The lowest BCUT2D eigenvalue weighted by Crippen LogP contribution is -2.12. The minimum absolute atomic E-state index is 0.108. The van der Waals surface area contributed by atoms with Crippen LogP contribution < -0.4 is 4.74 Å². The highest BCUT2D eigenvalue weighted by Gasteiger charge is 2.20. The van der Waals surface area contributed by atoms with Gasteiger partial charge in [-0.05, 0) is 38.3 Å². The quantitative estimate of drug-likeness (QED) is 0.729. The van der Waals surface area contributed by atoms with Crippen molar-refractivity contribution in [1.29, 1.82) is 0 Å². The number of halogens is 1. The minimum Gasteiger partial charge on any atom is -0.497 e. The van der Waals surface area contributed by atoms with E-state index in [1.807, 2.05) is 19.1 Å². The van der Waals surface area contributed by atoms with Crippen LogP contribution in [0.1, 0.15) is 51.4 Å². The zero-order chi connectivity index (χ0) is 14.9. The largest absolute Gasteiger partial charge is 0.497 e. The molecule has 0 saturated heterocycles. The Morgan fingerprint density at radius 2 is 1.95 bits per heavy atom. The van der Waals surface area contributed by atoms with Gasteiger partial charge in [-0.15, -0.1) is 11.6 Å². The molecule has 0 aliphatic heterocycles. The molecule has 1 aromatic heterocycles. The van der Waals surface area contributed by atoms with E-state index in [1.54, 1.807) is 7.11 Å². The summed E-state index contributed by atoms with van der Waals surface area (Å²) in [7, 11) is 1.67. The minimum atomic E-state index is -0.108. The second kappa shape index (κ2) is 6.04. The SMILES string of the molecule is COc1ccc2c(c1)nc(C(C)Cl)n2C(C)CC(C)C. The molecule has 0 aliphatic carbocycles. The highest BCUT2D eigenvalue weighted by molar-refractivity contribution is 6.20. The van der Waals surface area contributed by atoms with Gasteiger partial charge in [0, 0.05) is 12.1 Å². The van der Waals surface area contributed by atoms with Crippen LogP contribution in [0.25, 0.3) is 11.0 Å². The molecule has 0 fully saturated rings. The van der Waals surface area contributed by atoms with Gasteiger partial charge in [-0.25, -0.2) is 4.98 Å². The summed E-state index contributed by atoms with van der Waals surface area (Å²) in [5.41, 5.74) is 2.07. The predicted molar refractivity (Wildman–Crippen MR) is 84.7 cm³/mol. The molecule has 20 heavy (non-hydrogen) atoms. The second-order valence-corrected chi connectivity index (χ2v) is 6.44. The number of hydrogen-bond donors (Lipinski definition) is 0. The van der Waals surface area contributed by atoms with Gasteiger partial charge in [-0.1, -0.05) is 13.8 Å². The van der Waals surface area contributed by atoms with Crippen molar-refractivity contribution in [3.05, 3.63) is 24.0 Å². The van der Waals surface area contributed by atoms with Crippen molar-refractivity contribution >= 4 is 22.6 Å². The number of hydrogen-bond acceptors (Lipinski definition) is 2. The van der Waals surface area contributed by atoms with Crippen LogP contribution in [0.5, 0.6) is 5.75 Å². The van der Waals surface area contributed by atoms with Gasteiger partial charge < -0.3 is 9.30 Å². The Hall–Kier alpha value is -1.22. The molecule has 3 nitrogen and oxygen atoms in total. The number of fused-ring (bicyclic) bond motifs is 1. The first kappa shape index (κ1) is 15.2. The fraction of sp³-hybridized carbons (Fsp3) is 0.562. The monoisotopic (exact) mass is 294 g/mol. The Labute approximate surface area is 125 Å². The molecule has 2 unspecified atom stereocenters. The normalized spacial score (nSPS) is 14.8. The fourth-order valence-electron chi connectivity index (χ4n) is 2.76. The zero-order valence-corrected chi connectivity index (χ0v) is 13.6. The van der Waals surface area contributed by atoms with Gasteiger partial charge in [-0.3, -0.25) is 0 Å². The van der Waals surface area contributed by atoms with Crippen LogP contribution in [0.2, 0.25) is 0 Å². The van der Waals surface area contributed by atoms with Gasteiger partial charge in [0.05, 0.1) is 23.5 Å². The number of alkyl halides is 1. The number of benzene rings is 1. The molecule has 0 saturated carbocycles. The molecule has 2 rings (SSSR count). The van der Waals surface area contributed by atoms with Crippen molar-refractivity contribution < 1.29 is 4.74 Å². The van der Waals surface area contributed by atoms with E-state index in [0.717, 1.165) is 29.0 Å². The van der Waals surface area contributed by atoms with Crippen LogP contribution in [-0.4, -0.2) is 16.7 Å². The van der Waals surface area contributed by atoms with Crippen molar-refractivity contribution in [3.63, 3.8) is 0 Å². The van der Waals surface area contributed by atoms with Crippen LogP contribution >= 0.6 is 11.6 Å². The summed E-state index contributed by atoms with van der Waals surface area (Å²) in [6, 6.07) is 6.40. The van der Waals surface area contributed by atoms with Gasteiger partial charge in [-0.2, -0.15) is 0 Å². The topological polar surface area (TPSA) is 27.1 Å². The second-order valence-electron chi connectivity index (χ2n) is 5.79. The molecular formula is C16H23ClN2O. The molecular weight excluding hydrogens is 272 g/mol. The summed E-state index contributed by atoms with van der Waals surface area (Å²) in [6.45, 7) is 8.68. The summed E-state index contributed by atoms with van der Waals surface area (Å²) in [6.07, 6.45) is 1.11. The zero-order valence-electron chi connectivity index (χ0n) is 12.9. The molecule has 0 N–H and O–H groups in total. The lowest BCUT2D eigenvalue weighted by atomic mass is 10.0. The number of imidazole rings is 1. The number of ether oxygens (including phenoxy) is 1. The van der Waals surface area contributed by atoms with Crippen molar-refractivity contribution in [3.8, 4) is 5.75 Å². The number of methoxy groups -OCH3 is 1. The smallest absolute Gasteiger partial charge is 0.127 e. The summed E-state index contributed by atoms with van der Waals surface area (Å²) >= 11 is 6.32. The van der Waals surface area contributed by atoms with E-state index >= 15 is 0 Å². The molecule has 110 valence electrons. The number of rotatable bonds is 5. The predicted octanol–water partition coefficient (Wildman–Crippen LogP) is 4.95. The van der Waals surface area contributed by atoms with Crippen molar-refractivity contribution in [2.24, 2.45) is 5.92 Å². The highest BCUT2D eigenvalue weighted by atomic mass is 35.5. The van der Waals surface area contributed by atoms with Crippen LogP contribution in [0.4, 0.5) is 0 Å². The Balaban J connectivity index is 2.57. The van der Waals surface area contributed by atoms with Crippen LogP contribution in [0.3, 0.4) is 0 Å². The third-order valence-electron chi connectivity index (χ3n) is 3.53. The summed E-state index contributed by atoms with van der Waals surface area (Å²) in [4.78, 5) is 4.70. The third kappa shape index (κ3) is 2.93. The van der Waals surface area contributed by atoms with Gasteiger partial charge >= 0.3 is 0 Å². The van der Waals surface area contributed by atoms with Gasteiger partial charge in [0.2, 0.25) is 0 Å². The first-order valence-corrected chi connectivity index (χ1v) is 7.57. The molecule has 0 bridgehead atoms. The first-order valence-electron chi connectivity index (χ1n) is 7.14. The summed E-state index contributed by atoms with van der Waals surface area (Å²) < 4.78 is 7.54. The lowest BCUT2D eigenvalue weighted by molar-refractivity contribution is 0.415. The standard InChI is InChI=1S/C16H23ClN2O/c1-10(2)8-11(3)19-15-7-6-13(20-5)9-14(15)18-16(19)12(4)17/h6-7,9-12H,8H2,1-5H3.